The number of halogens is 3. The number of hydrogen-bond donors (Lipinski definition) is 0. The third-order valence-corrected chi connectivity index (χ3v) is 3.64. The molecule has 3 rings (SSSR count). The number of aldehydes is 1. The van der Waals surface area contributed by atoms with Crippen molar-refractivity contribution in [3.8, 4) is 0 Å². The Morgan fingerprint density at radius 3 is 1.21 bits per heavy atom. The molecule has 0 aromatic heterocycles. The van der Waals surface area contributed by atoms with Gasteiger partial charge in [0.25, 0.3) is 0 Å². The molecule has 0 aliphatic rings. The van der Waals surface area contributed by atoms with E-state index in [4.69, 9.17) is 0 Å². The van der Waals surface area contributed by atoms with E-state index >= 15 is 0 Å². The van der Waals surface area contributed by atoms with Gasteiger partial charge in [0.05, 0.1) is 28.3 Å². The van der Waals surface area contributed by atoms with Gasteiger partial charge in [0.1, 0.15) is 6.29 Å². The van der Waals surface area contributed by atoms with Gasteiger partial charge in [-0.25, -0.2) is 0 Å². The van der Waals surface area contributed by atoms with Gasteiger partial charge in [-0.3, -0.25) is 4.79 Å². The molecule has 0 amide bonds. The first-order valence-electron chi connectivity index (χ1n) is 8.10. The van der Waals surface area contributed by atoms with Crippen LogP contribution in [0.2, 0.25) is 0 Å². The second kappa shape index (κ2) is 8.34. The molecule has 0 aliphatic heterocycles. The molecule has 0 saturated carbocycles. The summed E-state index contributed by atoms with van der Waals surface area (Å²) in [7, 11) is 0. The average Bonchev–Trinajstić information content (AvgIpc) is 2.71. The molecule has 0 atom stereocenters. The van der Waals surface area contributed by atoms with Crippen LogP contribution in [0.1, 0.15) is 15.9 Å². The summed E-state index contributed by atoms with van der Waals surface area (Å²) in [5.41, 5.74) is 1.86. The van der Waals surface area contributed by atoms with Gasteiger partial charge >= 0.3 is 6.18 Å². The zero-order chi connectivity index (χ0) is 20.0. The second-order valence-corrected chi connectivity index (χ2v) is 5.67. The van der Waals surface area contributed by atoms with E-state index in [1.54, 1.807) is 48.5 Å². The van der Waals surface area contributed by atoms with Gasteiger partial charge in [0.2, 0.25) is 0 Å². The number of hydrogen-bond acceptors (Lipinski definition) is 5. The molecule has 0 heterocycles. The van der Waals surface area contributed by atoms with Crippen LogP contribution in [0.3, 0.4) is 0 Å². The summed E-state index contributed by atoms with van der Waals surface area (Å²) in [4.78, 5) is 10.6. The predicted molar refractivity (Wildman–Crippen MR) is 98.1 cm³/mol. The lowest BCUT2D eigenvalue weighted by Gasteiger charge is -2.05. The molecule has 0 fully saturated rings. The molecule has 0 unspecified atom stereocenters. The van der Waals surface area contributed by atoms with Crippen molar-refractivity contribution in [1.29, 1.82) is 0 Å². The van der Waals surface area contributed by atoms with Crippen LogP contribution in [0.5, 0.6) is 0 Å². The van der Waals surface area contributed by atoms with E-state index in [0.29, 0.717) is 28.3 Å². The lowest BCUT2D eigenvalue weighted by atomic mass is 10.2. The highest BCUT2D eigenvalue weighted by atomic mass is 19.4. The fourth-order valence-corrected chi connectivity index (χ4v) is 2.15. The lowest BCUT2D eigenvalue weighted by molar-refractivity contribution is -0.137. The van der Waals surface area contributed by atoms with E-state index in [0.717, 1.165) is 18.4 Å². The smallest absolute Gasteiger partial charge is 0.298 e. The summed E-state index contributed by atoms with van der Waals surface area (Å²) >= 11 is 0. The maximum absolute atomic E-state index is 12.5. The van der Waals surface area contributed by atoms with Crippen LogP contribution >= 0.6 is 0 Å². The van der Waals surface area contributed by atoms with Crippen LogP contribution in [0.4, 0.5) is 35.9 Å². The monoisotopic (exact) mass is 382 g/mol. The van der Waals surface area contributed by atoms with Gasteiger partial charge in [-0.05, 0) is 72.8 Å². The number of carbonyl (C=O) groups excluding carboxylic acids is 1. The molecular weight excluding hydrogens is 369 g/mol. The third kappa shape index (κ3) is 5.16. The minimum Gasteiger partial charge on any atom is -0.298 e. The van der Waals surface area contributed by atoms with E-state index in [1.807, 2.05) is 0 Å². The van der Waals surface area contributed by atoms with Crippen molar-refractivity contribution in [2.45, 2.75) is 6.18 Å². The lowest BCUT2D eigenvalue weighted by Crippen LogP contribution is -2.03. The first-order valence-corrected chi connectivity index (χ1v) is 8.10. The maximum Gasteiger partial charge on any atom is 0.416 e. The first-order chi connectivity index (χ1) is 13.4. The Hall–Kier alpha value is -3.68. The molecule has 28 heavy (non-hydrogen) atoms. The second-order valence-electron chi connectivity index (χ2n) is 5.67. The number of alkyl halides is 3. The summed E-state index contributed by atoms with van der Waals surface area (Å²) in [5, 5.41) is 16.0. The highest BCUT2D eigenvalue weighted by Crippen LogP contribution is 2.31. The first kappa shape index (κ1) is 19.1. The molecule has 0 radical (unpaired) electrons. The summed E-state index contributed by atoms with van der Waals surface area (Å²) in [6, 6.07) is 17.8. The number of rotatable bonds is 5. The molecule has 3 aromatic rings. The number of benzene rings is 3. The molecule has 0 aliphatic carbocycles. The van der Waals surface area contributed by atoms with Crippen LogP contribution in [0, 0.1) is 0 Å². The van der Waals surface area contributed by atoms with Crippen molar-refractivity contribution in [1.82, 2.24) is 0 Å². The molecule has 0 N–H and O–H groups in total. The van der Waals surface area contributed by atoms with Gasteiger partial charge in [-0.1, -0.05) is 0 Å². The Balaban J connectivity index is 1.64. The van der Waals surface area contributed by atoms with Crippen molar-refractivity contribution in [3.05, 3.63) is 83.9 Å². The minimum atomic E-state index is -4.38. The molecule has 3 aromatic carbocycles. The van der Waals surface area contributed by atoms with Crippen LogP contribution in [-0.4, -0.2) is 6.29 Å². The number of carbonyl (C=O) groups is 1. The minimum absolute atomic E-state index is 0.315. The topological polar surface area (TPSA) is 66.5 Å². The van der Waals surface area contributed by atoms with Gasteiger partial charge in [-0.2, -0.15) is 33.6 Å². The molecule has 8 heteroatoms. The Kier molecular flexibility index (Phi) is 5.69. The highest BCUT2D eigenvalue weighted by molar-refractivity contribution is 5.75. The Labute approximate surface area is 158 Å². The normalized spacial score (nSPS) is 12.0. The average molecular weight is 382 g/mol. The maximum atomic E-state index is 12.5. The summed E-state index contributed by atoms with van der Waals surface area (Å²) < 4.78 is 37.6. The van der Waals surface area contributed by atoms with Crippen LogP contribution in [0.15, 0.2) is 93.3 Å². The van der Waals surface area contributed by atoms with E-state index in [1.165, 1.54) is 12.1 Å². The number of nitrogens with zero attached hydrogens (tertiary/aromatic N) is 4. The zero-order valence-electron chi connectivity index (χ0n) is 14.3. The summed E-state index contributed by atoms with van der Waals surface area (Å²) in [6.45, 7) is 0. The molecule has 0 spiro atoms. The molecule has 140 valence electrons. The van der Waals surface area contributed by atoms with Crippen molar-refractivity contribution in [2.24, 2.45) is 20.5 Å². The molecule has 5 nitrogen and oxygen atoms in total. The fraction of sp³-hybridized carbons (Fsp3) is 0.0500. The van der Waals surface area contributed by atoms with E-state index in [-0.39, 0.29) is 0 Å². The Morgan fingerprint density at radius 2 is 0.893 bits per heavy atom. The highest BCUT2D eigenvalue weighted by Gasteiger charge is 2.29. The fourth-order valence-electron chi connectivity index (χ4n) is 2.15. The molecule has 0 saturated heterocycles. The quantitative estimate of drug-likeness (QED) is 0.336. The Morgan fingerprint density at radius 1 is 0.571 bits per heavy atom. The van der Waals surface area contributed by atoms with E-state index in [2.05, 4.69) is 20.5 Å². The summed E-state index contributed by atoms with van der Waals surface area (Å²) in [5.74, 6) is 0. The largest absolute Gasteiger partial charge is 0.416 e. The van der Waals surface area contributed by atoms with Crippen molar-refractivity contribution in [2.75, 3.05) is 0 Å². The van der Waals surface area contributed by atoms with Crippen molar-refractivity contribution in [3.63, 3.8) is 0 Å². The SMILES string of the molecule is O=Cc1ccc(N=Nc2ccc(N=Nc3ccc(C(F)(F)F)cc3)cc2)cc1. The third-order valence-electron chi connectivity index (χ3n) is 3.64. The molecular formula is C20H13F3N4O. The van der Waals surface area contributed by atoms with Gasteiger partial charge < -0.3 is 0 Å². The van der Waals surface area contributed by atoms with Crippen molar-refractivity contribution < 1.29 is 18.0 Å². The molecule has 0 bridgehead atoms. The van der Waals surface area contributed by atoms with Crippen LogP contribution in [0.25, 0.3) is 0 Å². The number of azo groups is 2. The zero-order valence-corrected chi connectivity index (χ0v) is 14.3. The van der Waals surface area contributed by atoms with Gasteiger partial charge in [-0.15, -0.1) is 0 Å². The standard InChI is InChI=1S/C20H13F3N4O/c21-20(22,23)15-3-7-17(8-4-15)25-27-19-11-9-18(10-12-19)26-24-16-5-1-14(13-28)2-6-16/h1-13H. The van der Waals surface area contributed by atoms with E-state index in [9.17, 15) is 18.0 Å². The van der Waals surface area contributed by atoms with Crippen LogP contribution < -0.4 is 0 Å². The summed E-state index contributed by atoms with van der Waals surface area (Å²) in [6.07, 6.45) is -3.63. The predicted octanol–water partition coefficient (Wildman–Crippen LogP) is 7.35. The van der Waals surface area contributed by atoms with E-state index < -0.39 is 11.7 Å². The Bertz CT molecular complexity index is 994. The van der Waals surface area contributed by atoms with Gasteiger partial charge in [0, 0.05) is 5.56 Å². The van der Waals surface area contributed by atoms with Crippen LogP contribution in [-0.2, 0) is 6.18 Å². The van der Waals surface area contributed by atoms with Crippen molar-refractivity contribution >= 4 is 29.0 Å². The van der Waals surface area contributed by atoms with Gasteiger partial charge in [0.15, 0.2) is 0 Å².